The molecule has 0 heterocycles. The molecule has 0 radical (unpaired) electrons. The maximum atomic E-state index is 13.4. The predicted molar refractivity (Wildman–Crippen MR) is 70.2 cm³/mol. The summed E-state index contributed by atoms with van der Waals surface area (Å²) in [6.07, 6.45) is 1.18. The van der Waals surface area contributed by atoms with E-state index in [0.717, 1.165) is 6.07 Å². The van der Waals surface area contributed by atoms with Gasteiger partial charge >= 0.3 is 0 Å². The summed E-state index contributed by atoms with van der Waals surface area (Å²) >= 11 is 4.78. The third kappa shape index (κ3) is 3.46. The first-order valence-electron chi connectivity index (χ1n) is 5.51. The van der Waals surface area contributed by atoms with Gasteiger partial charge in [-0.1, -0.05) is 31.6 Å². The number of amides is 1. The van der Waals surface area contributed by atoms with Crippen molar-refractivity contribution in [2.45, 2.75) is 19.8 Å². The summed E-state index contributed by atoms with van der Waals surface area (Å²) < 4.78 is 26.3. The monoisotopic (exact) mass is 272 g/mol. The highest BCUT2D eigenvalue weighted by Gasteiger charge is 2.21. The lowest BCUT2D eigenvalue weighted by Gasteiger charge is -2.15. The van der Waals surface area contributed by atoms with Crippen molar-refractivity contribution in [3.05, 3.63) is 29.8 Å². The third-order valence-corrected chi connectivity index (χ3v) is 2.73. The Morgan fingerprint density at radius 2 is 2.17 bits per heavy atom. The van der Waals surface area contributed by atoms with Crippen molar-refractivity contribution in [3.63, 3.8) is 0 Å². The molecule has 1 amide bonds. The average molecular weight is 272 g/mol. The molecule has 18 heavy (non-hydrogen) atoms. The fourth-order valence-corrected chi connectivity index (χ4v) is 1.74. The lowest BCUT2D eigenvalue weighted by atomic mass is 10.0. The second kappa shape index (κ2) is 6.39. The van der Waals surface area contributed by atoms with E-state index in [1.165, 1.54) is 12.1 Å². The summed E-state index contributed by atoms with van der Waals surface area (Å²) in [6, 6.07) is 3.56. The number of benzene rings is 1. The average Bonchev–Trinajstić information content (AvgIpc) is 2.31. The number of carbonyl (C=O) groups is 1. The van der Waals surface area contributed by atoms with E-state index in [2.05, 4.69) is 5.32 Å². The summed E-state index contributed by atoms with van der Waals surface area (Å²) in [5.74, 6) is -3.30. The number of nitrogens with two attached hydrogens (primary N) is 1. The van der Waals surface area contributed by atoms with Crippen molar-refractivity contribution >= 4 is 28.8 Å². The van der Waals surface area contributed by atoms with Crippen molar-refractivity contribution in [1.29, 1.82) is 0 Å². The lowest BCUT2D eigenvalue weighted by molar-refractivity contribution is -0.118. The van der Waals surface area contributed by atoms with Crippen LogP contribution in [0.2, 0.25) is 0 Å². The van der Waals surface area contributed by atoms with Crippen LogP contribution in [0.5, 0.6) is 0 Å². The lowest BCUT2D eigenvalue weighted by Crippen LogP contribution is -2.33. The van der Waals surface area contributed by atoms with Crippen LogP contribution in [0, 0.1) is 17.6 Å². The second-order valence-corrected chi connectivity index (χ2v) is 4.31. The number of halogens is 2. The van der Waals surface area contributed by atoms with Gasteiger partial charge in [-0.2, -0.15) is 0 Å². The molecular formula is C12H14F2N2OS. The molecule has 0 spiro atoms. The van der Waals surface area contributed by atoms with E-state index in [9.17, 15) is 13.6 Å². The van der Waals surface area contributed by atoms with E-state index in [-0.39, 0.29) is 10.7 Å². The Bertz CT molecular complexity index is 465. The minimum absolute atomic E-state index is 0.0474. The Hall–Kier alpha value is -1.56. The Morgan fingerprint density at radius 1 is 1.50 bits per heavy atom. The molecule has 1 atom stereocenters. The largest absolute Gasteiger partial charge is 0.393 e. The molecule has 98 valence electrons. The number of nitrogens with one attached hydrogen (secondary N) is 1. The van der Waals surface area contributed by atoms with Gasteiger partial charge in [0.05, 0.1) is 16.6 Å². The van der Waals surface area contributed by atoms with Gasteiger partial charge in [-0.25, -0.2) is 8.78 Å². The van der Waals surface area contributed by atoms with Gasteiger partial charge in [0.15, 0.2) is 11.6 Å². The van der Waals surface area contributed by atoms with E-state index in [1.54, 1.807) is 0 Å². The molecule has 0 aliphatic carbocycles. The van der Waals surface area contributed by atoms with Gasteiger partial charge in [0.1, 0.15) is 0 Å². The van der Waals surface area contributed by atoms with Crippen LogP contribution >= 0.6 is 12.2 Å². The van der Waals surface area contributed by atoms with Gasteiger partial charge in [-0.15, -0.1) is 0 Å². The molecule has 1 rings (SSSR count). The second-order valence-electron chi connectivity index (χ2n) is 3.83. The van der Waals surface area contributed by atoms with Crippen LogP contribution in [0.25, 0.3) is 0 Å². The van der Waals surface area contributed by atoms with E-state index in [4.69, 9.17) is 18.0 Å². The highest BCUT2D eigenvalue weighted by atomic mass is 32.1. The van der Waals surface area contributed by atoms with Crippen LogP contribution < -0.4 is 11.1 Å². The first-order valence-corrected chi connectivity index (χ1v) is 5.92. The molecule has 0 aromatic heterocycles. The highest BCUT2D eigenvalue weighted by molar-refractivity contribution is 7.80. The van der Waals surface area contributed by atoms with Gasteiger partial charge in [-0.05, 0) is 18.6 Å². The van der Waals surface area contributed by atoms with Gasteiger partial charge < -0.3 is 11.1 Å². The summed E-state index contributed by atoms with van der Waals surface area (Å²) in [6.45, 7) is 1.88. The molecule has 0 saturated carbocycles. The maximum absolute atomic E-state index is 13.4. The van der Waals surface area contributed by atoms with Crippen LogP contribution in [0.15, 0.2) is 18.2 Å². The van der Waals surface area contributed by atoms with Crippen LogP contribution in [0.4, 0.5) is 14.5 Å². The standard InChI is InChI=1S/C12H14F2N2OS/c1-2-4-7(11(15)18)12(17)16-9-6-3-5-8(13)10(9)14/h3,5-7H,2,4H2,1H3,(H2,15,18)(H,16,17). The summed E-state index contributed by atoms with van der Waals surface area (Å²) in [5, 5.41) is 2.30. The Balaban J connectivity index is 2.86. The molecular weight excluding hydrogens is 258 g/mol. The number of thiocarbonyl (C=S) groups is 1. The smallest absolute Gasteiger partial charge is 0.234 e. The summed E-state index contributed by atoms with van der Waals surface area (Å²) in [7, 11) is 0. The van der Waals surface area contributed by atoms with Crippen molar-refractivity contribution in [2.75, 3.05) is 5.32 Å². The zero-order valence-corrected chi connectivity index (χ0v) is 10.7. The maximum Gasteiger partial charge on any atom is 0.234 e. The molecule has 0 aliphatic heterocycles. The van der Waals surface area contributed by atoms with E-state index < -0.39 is 23.5 Å². The van der Waals surface area contributed by atoms with Crippen LogP contribution in [-0.4, -0.2) is 10.9 Å². The predicted octanol–water partition coefficient (Wildman–Crippen LogP) is 2.61. The van der Waals surface area contributed by atoms with Crippen molar-refractivity contribution in [2.24, 2.45) is 11.7 Å². The number of hydrogen-bond donors (Lipinski definition) is 2. The molecule has 6 heteroatoms. The van der Waals surface area contributed by atoms with Crippen LogP contribution in [-0.2, 0) is 4.79 Å². The number of anilines is 1. The normalized spacial score (nSPS) is 11.9. The fraction of sp³-hybridized carbons (Fsp3) is 0.333. The highest BCUT2D eigenvalue weighted by Crippen LogP contribution is 2.18. The molecule has 3 N–H and O–H groups in total. The topological polar surface area (TPSA) is 55.1 Å². The quantitative estimate of drug-likeness (QED) is 0.810. The van der Waals surface area contributed by atoms with Crippen molar-refractivity contribution in [1.82, 2.24) is 0 Å². The molecule has 1 unspecified atom stereocenters. The van der Waals surface area contributed by atoms with Gasteiger partial charge in [0.25, 0.3) is 0 Å². The van der Waals surface area contributed by atoms with Crippen LogP contribution in [0.1, 0.15) is 19.8 Å². The molecule has 0 fully saturated rings. The summed E-state index contributed by atoms with van der Waals surface area (Å²) in [5.41, 5.74) is 5.24. The van der Waals surface area contributed by atoms with E-state index in [1.807, 2.05) is 6.92 Å². The zero-order valence-electron chi connectivity index (χ0n) is 9.87. The number of hydrogen-bond acceptors (Lipinski definition) is 2. The fourth-order valence-electron chi connectivity index (χ4n) is 1.51. The third-order valence-electron chi connectivity index (χ3n) is 2.45. The van der Waals surface area contributed by atoms with E-state index in [0.29, 0.717) is 12.8 Å². The number of carbonyl (C=O) groups excluding carboxylic acids is 1. The molecule has 1 aromatic carbocycles. The Labute approximate surface area is 109 Å². The minimum atomic E-state index is -1.09. The molecule has 1 aromatic rings. The first kappa shape index (κ1) is 14.5. The molecule has 0 aliphatic rings. The van der Waals surface area contributed by atoms with Gasteiger partial charge in [0, 0.05) is 0 Å². The SMILES string of the molecule is CCCC(C(=O)Nc1cccc(F)c1F)C(N)=S. The Morgan fingerprint density at radius 3 is 2.72 bits per heavy atom. The molecule has 3 nitrogen and oxygen atoms in total. The zero-order chi connectivity index (χ0) is 13.7. The Kier molecular flexibility index (Phi) is 5.15. The van der Waals surface area contributed by atoms with Gasteiger partial charge in [-0.3, -0.25) is 4.79 Å². The summed E-state index contributed by atoms with van der Waals surface area (Å²) in [4.78, 5) is 11.9. The molecule has 0 bridgehead atoms. The van der Waals surface area contributed by atoms with Crippen molar-refractivity contribution in [3.8, 4) is 0 Å². The van der Waals surface area contributed by atoms with Gasteiger partial charge in [0.2, 0.25) is 5.91 Å². The first-order chi connectivity index (χ1) is 8.47. The van der Waals surface area contributed by atoms with Crippen molar-refractivity contribution < 1.29 is 13.6 Å². The minimum Gasteiger partial charge on any atom is -0.393 e. The molecule has 0 saturated heterocycles. The number of rotatable bonds is 5. The van der Waals surface area contributed by atoms with Crippen LogP contribution in [0.3, 0.4) is 0 Å². The van der Waals surface area contributed by atoms with E-state index >= 15 is 0 Å².